The first-order valence-corrected chi connectivity index (χ1v) is 8.34. The van der Waals surface area contributed by atoms with Crippen LogP contribution in [-0.4, -0.2) is 36.2 Å². The van der Waals surface area contributed by atoms with Crippen LogP contribution in [-0.2, 0) is 0 Å². The van der Waals surface area contributed by atoms with Gasteiger partial charge in [0.1, 0.15) is 5.75 Å². The first-order valence-electron chi connectivity index (χ1n) is 8.34. The van der Waals surface area contributed by atoms with Crippen LogP contribution in [0.5, 0.6) is 5.75 Å². The molecule has 1 heterocycles. The van der Waals surface area contributed by atoms with Gasteiger partial charge >= 0.3 is 0 Å². The molecule has 2 fully saturated rings. The minimum Gasteiger partial charge on any atom is -0.496 e. The summed E-state index contributed by atoms with van der Waals surface area (Å²) in [6, 6.07) is 8.52. The van der Waals surface area contributed by atoms with Gasteiger partial charge in [-0.1, -0.05) is 31.0 Å². The van der Waals surface area contributed by atoms with Crippen molar-refractivity contribution in [3.8, 4) is 5.75 Å². The molecule has 1 saturated heterocycles. The van der Waals surface area contributed by atoms with Crippen molar-refractivity contribution in [3.05, 3.63) is 29.8 Å². The molecule has 0 spiro atoms. The quantitative estimate of drug-likeness (QED) is 0.902. The second kappa shape index (κ2) is 6.80. The van der Waals surface area contributed by atoms with Crippen LogP contribution >= 0.6 is 0 Å². The molecule has 116 valence electrons. The molecule has 3 nitrogen and oxygen atoms in total. The first kappa shape index (κ1) is 14.9. The Morgan fingerprint density at radius 3 is 2.71 bits per heavy atom. The molecule has 21 heavy (non-hydrogen) atoms. The van der Waals surface area contributed by atoms with Crippen LogP contribution in [0.25, 0.3) is 0 Å². The van der Waals surface area contributed by atoms with Crippen molar-refractivity contribution in [3.63, 3.8) is 0 Å². The second-order valence-corrected chi connectivity index (χ2v) is 6.51. The van der Waals surface area contributed by atoms with Crippen molar-refractivity contribution in [2.75, 3.05) is 20.2 Å². The van der Waals surface area contributed by atoms with Gasteiger partial charge in [0.2, 0.25) is 0 Å². The SMILES string of the molecule is COc1ccccc1C(O)CN1CCCC1C1CCCC1. The minimum absolute atomic E-state index is 0.455. The largest absolute Gasteiger partial charge is 0.496 e. The van der Waals surface area contributed by atoms with Crippen molar-refractivity contribution in [1.82, 2.24) is 4.90 Å². The van der Waals surface area contributed by atoms with Crippen LogP contribution in [0.1, 0.15) is 50.2 Å². The van der Waals surface area contributed by atoms with Crippen molar-refractivity contribution in [1.29, 1.82) is 0 Å². The average molecular weight is 289 g/mol. The fourth-order valence-electron chi connectivity index (χ4n) is 4.22. The molecule has 2 unspecified atom stereocenters. The summed E-state index contributed by atoms with van der Waals surface area (Å²) in [5.74, 6) is 1.65. The third-order valence-electron chi connectivity index (χ3n) is 5.26. The van der Waals surface area contributed by atoms with Crippen molar-refractivity contribution >= 4 is 0 Å². The summed E-state index contributed by atoms with van der Waals surface area (Å²) in [6.07, 6.45) is 7.68. The van der Waals surface area contributed by atoms with Gasteiger partial charge in [-0.25, -0.2) is 0 Å². The van der Waals surface area contributed by atoms with E-state index in [1.54, 1.807) is 7.11 Å². The Bertz CT molecular complexity index is 456. The number of methoxy groups -OCH3 is 1. The van der Waals surface area contributed by atoms with E-state index in [9.17, 15) is 5.11 Å². The van der Waals surface area contributed by atoms with Gasteiger partial charge in [-0.05, 0) is 44.2 Å². The molecular formula is C18H27NO2. The average Bonchev–Trinajstić information content (AvgIpc) is 3.17. The maximum absolute atomic E-state index is 10.6. The van der Waals surface area contributed by atoms with Crippen molar-refractivity contribution in [2.45, 2.75) is 50.7 Å². The molecule has 0 amide bonds. The molecule has 1 aliphatic heterocycles. The number of nitrogens with zero attached hydrogens (tertiary/aromatic N) is 1. The van der Waals surface area contributed by atoms with E-state index in [1.165, 1.54) is 38.5 Å². The zero-order chi connectivity index (χ0) is 14.7. The number of benzene rings is 1. The van der Waals surface area contributed by atoms with Crippen LogP contribution in [0, 0.1) is 5.92 Å². The fourth-order valence-corrected chi connectivity index (χ4v) is 4.22. The highest BCUT2D eigenvalue weighted by Crippen LogP contribution is 2.36. The molecule has 3 heteroatoms. The minimum atomic E-state index is -0.455. The summed E-state index contributed by atoms with van der Waals surface area (Å²) in [5.41, 5.74) is 0.914. The van der Waals surface area contributed by atoms with Gasteiger partial charge in [-0.15, -0.1) is 0 Å². The summed E-state index contributed by atoms with van der Waals surface area (Å²) in [7, 11) is 1.67. The Balaban J connectivity index is 1.67. The van der Waals surface area contributed by atoms with Gasteiger partial charge in [-0.2, -0.15) is 0 Å². The molecule has 2 aliphatic rings. The lowest BCUT2D eigenvalue weighted by Crippen LogP contribution is -2.37. The van der Waals surface area contributed by atoms with E-state index in [-0.39, 0.29) is 0 Å². The fraction of sp³-hybridized carbons (Fsp3) is 0.667. The van der Waals surface area contributed by atoms with E-state index in [0.717, 1.165) is 30.3 Å². The summed E-state index contributed by atoms with van der Waals surface area (Å²) in [6.45, 7) is 1.87. The number of aliphatic hydroxyl groups excluding tert-OH is 1. The number of para-hydroxylation sites is 1. The van der Waals surface area contributed by atoms with Crippen LogP contribution < -0.4 is 4.74 Å². The molecule has 2 atom stereocenters. The Morgan fingerprint density at radius 1 is 1.19 bits per heavy atom. The summed E-state index contributed by atoms with van der Waals surface area (Å²) < 4.78 is 5.38. The highest BCUT2D eigenvalue weighted by molar-refractivity contribution is 5.35. The normalized spacial score (nSPS) is 25.3. The van der Waals surface area contributed by atoms with E-state index in [0.29, 0.717) is 6.04 Å². The molecule has 1 saturated carbocycles. The monoisotopic (exact) mass is 289 g/mol. The molecule has 1 aromatic carbocycles. The number of ether oxygens (including phenoxy) is 1. The van der Waals surface area contributed by atoms with Crippen molar-refractivity contribution < 1.29 is 9.84 Å². The maximum Gasteiger partial charge on any atom is 0.124 e. The molecule has 0 radical (unpaired) electrons. The molecule has 1 N–H and O–H groups in total. The van der Waals surface area contributed by atoms with Gasteiger partial charge in [0.05, 0.1) is 13.2 Å². The van der Waals surface area contributed by atoms with E-state index in [2.05, 4.69) is 4.90 Å². The van der Waals surface area contributed by atoms with E-state index >= 15 is 0 Å². The number of likely N-dealkylation sites (tertiary alicyclic amines) is 1. The molecular weight excluding hydrogens is 262 g/mol. The summed E-state index contributed by atoms with van der Waals surface area (Å²) >= 11 is 0. The van der Waals surface area contributed by atoms with Gasteiger partial charge in [0.25, 0.3) is 0 Å². The lowest BCUT2D eigenvalue weighted by atomic mass is 9.95. The Kier molecular flexibility index (Phi) is 4.81. The number of β-amino-alcohol motifs (C(OH)–C–C–N with tert-alkyl or cyclic N) is 1. The molecule has 3 rings (SSSR count). The van der Waals surface area contributed by atoms with E-state index in [4.69, 9.17) is 4.74 Å². The van der Waals surface area contributed by atoms with E-state index < -0.39 is 6.10 Å². The molecule has 1 aliphatic carbocycles. The van der Waals surface area contributed by atoms with Gasteiger partial charge in [0.15, 0.2) is 0 Å². The first-order chi connectivity index (χ1) is 10.3. The van der Waals surface area contributed by atoms with Crippen LogP contribution in [0.4, 0.5) is 0 Å². The Labute approximate surface area is 127 Å². The highest BCUT2D eigenvalue weighted by Gasteiger charge is 2.34. The highest BCUT2D eigenvalue weighted by atomic mass is 16.5. The van der Waals surface area contributed by atoms with Gasteiger partial charge < -0.3 is 9.84 Å². The maximum atomic E-state index is 10.6. The molecule has 0 bridgehead atoms. The summed E-state index contributed by atoms with van der Waals surface area (Å²) in [4.78, 5) is 2.52. The lowest BCUT2D eigenvalue weighted by Gasteiger charge is -2.31. The predicted molar refractivity (Wildman–Crippen MR) is 84.5 cm³/mol. The summed E-state index contributed by atoms with van der Waals surface area (Å²) in [5, 5.41) is 10.6. The van der Waals surface area contributed by atoms with Gasteiger partial charge in [0, 0.05) is 18.2 Å². The smallest absolute Gasteiger partial charge is 0.124 e. The number of rotatable bonds is 5. The third kappa shape index (κ3) is 3.24. The van der Waals surface area contributed by atoms with Crippen LogP contribution in [0.3, 0.4) is 0 Å². The second-order valence-electron chi connectivity index (χ2n) is 6.51. The number of aliphatic hydroxyl groups is 1. The topological polar surface area (TPSA) is 32.7 Å². The Hall–Kier alpha value is -1.06. The van der Waals surface area contributed by atoms with Crippen LogP contribution in [0.15, 0.2) is 24.3 Å². The lowest BCUT2D eigenvalue weighted by molar-refractivity contribution is 0.0877. The van der Waals surface area contributed by atoms with Crippen LogP contribution in [0.2, 0.25) is 0 Å². The number of hydrogen-bond acceptors (Lipinski definition) is 3. The number of hydrogen-bond donors (Lipinski definition) is 1. The standard InChI is InChI=1S/C18H27NO2/c1-21-18-11-5-4-9-15(18)17(20)13-19-12-6-10-16(19)14-7-2-3-8-14/h4-5,9,11,14,16-17,20H,2-3,6-8,10,12-13H2,1H3. The Morgan fingerprint density at radius 2 is 1.95 bits per heavy atom. The predicted octanol–water partition coefficient (Wildman–Crippen LogP) is 3.38. The third-order valence-corrected chi connectivity index (χ3v) is 5.26. The molecule has 1 aromatic rings. The molecule has 0 aromatic heterocycles. The zero-order valence-electron chi connectivity index (χ0n) is 13.0. The van der Waals surface area contributed by atoms with Gasteiger partial charge in [-0.3, -0.25) is 4.90 Å². The van der Waals surface area contributed by atoms with Crippen molar-refractivity contribution in [2.24, 2.45) is 5.92 Å². The zero-order valence-corrected chi connectivity index (χ0v) is 13.0. The van der Waals surface area contributed by atoms with E-state index in [1.807, 2.05) is 24.3 Å².